The monoisotopic (exact) mass is 226 g/mol. The molecule has 5 heteroatoms. The molecule has 0 aliphatic carbocycles. The van der Waals surface area contributed by atoms with Crippen molar-refractivity contribution in [3.8, 4) is 11.3 Å². The molecule has 17 heavy (non-hydrogen) atoms. The Hall–Kier alpha value is -2.43. The van der Waals surface area contributed by atoms with Gasteiger partial charge in [-0.15, -0.1) is 0 Å². The van der Waals surface area contributed by atoms with Gasteiger partial charge in [0.25, 0.3) is 5.56 Å². The molecule has 1 aromatic carbocycles. The molecule has 0 atom stereocenters. The van der Waals surface area contributed by atoms with Crippen molar-refractivity contribution in [3.63, 3.8) is 0 Å². The second-order valence-electron chi connectivity index (χ2n) is 3.80. The van der Waals surface area contributed by atoms with Crippen molar-refractivity contribution >= 4 is 10.9 Å². The number of benzene rings is 1. The van der Waals surface area contributed by atoms with Crippen LogP contribution in [0.4, 0.5) is 0 Å². The first-order valence-electron chi connectivity index (χ1n) is 5.21. The van der Waals surface area contributed by atoms with Gasteiger partial charge in [-0.25, -0.2) is 4.98 Å². The van der Waals surface area contributed by atoms with Crippen molar-refractivity contribution in [3.05, 3.63) is 47.1 Å². The van der Waals surface area contributed by atoms with Gasteiger partial charge in [-0.05, 0) is 18.2 Å². The van der Waals surface area contributed by atoms with Crippen molar-refractivity contribution in [1.29, 1.82) is 0 Å². The number of aromatic amines is 1. The zero-order valence-corrected chi connectivity index (χ0v) is 9.21. The summed E-state index contributed by atoms with van der Waals surface area (Å²) in [6, 6.07) is 7.50. The summed E-state index contributed by atoms with van der Waals surface area (Å²) in [5.41, 5.74) is 2.56. The topological polar surface area (TPSA) is 63.6 Å². The molecule has 2 heterocycles. The summed E-state index contributed by atoms with van der Waals surface area (Å²) >= 11 is 0. The van der Waals surface area contributed by atoms with Gasteiger partial charge in [-0.3, -0.25) is 9.48 Å². The maximum atomic E-state index is 11.5. The van der Waals surface area contributed by atoms with E-state index in [1.807, 2.05) is 25.2 Å². The summed E-state index contributed by atoms with van der Waals surface area (Å²) < 4.78 is 1.79. The number of hydrogen-bond acceptors (Lipinski definition) is 3. The summed E-state index contributed by atoms with van der Waals surface area (Å²) in [7, 11) is 1.88. The molecule has 0 spiro atoms. The number of rotatable bonds is 1. The van der Waals surface area contributed by atoms with Crippen molar-refractivity contribution in [2.45, 2.75) is 0 Å². The summed E-state index contributed by atoms with van der Waals surface area (Å²) in [6.07, 6.45) is 3.16. The van der Waals surface area contributed by atoms with Crippen molar-refractivity contribution in [2.24, 2.45) is 7.05 Å². The van der Waals surface area contributed by atoms with Crippen LogP contribution in [-0.4, -0.2) is 19.7 Å². The van der Waals surface area contributed by atoms with Gasteiger partial charge in [-0.1, -0.05) is 6.07 Å². The number of aryl methyl sites for hydroxylation is 1. The largest absolute Gasteiger partial charge is 0.313 e. The number of H-pyrrole nitrogens is 1. The minimum atomic E-state index is -0.119. The number of nitrogens with one attached hydrogen (secondary N) is 1. The molecule has 0 aliphatic heterocycles. The van der Waals surface area contributed by atoms with E-state index in [1.54, 1.807) is 16.9 Å². The lowest BCUT2D eigenvalue weighted by atomic mass is 10.1. The highest BCUT2D eigenvalue weighted by molar-refractivity contribution is 5.82. The van der Waals surface area contributed by atoms with E-state index in [9.17, 15) is 4.79 Å². The first kappa shape index (κ1) is 9.77. The van der Waals surface area contributed by atoms with Crippen molar-refractivity contribution in [1.82, 2.24) is 19.7 Å². The fourth-order valence-electron chi connectivity index (χ4n) is 1.89. The number of aromatic nitrogens is 4. The van der Waals surface area contributed by atoms with E-state index in [4.69, 9.17) is 0 Å². The maximum absolute atomic E-state index is 11.5. The van der Waals surface area contributed by atoms with Crippen LogP contribution in [-0.2, 0) is 7.05 Å². The predicted molar refractivity (Wildman–Crippen MR) is 64.6 cm³/mol. The zero-order valence-electron chi connectivity index (χ0n) is 9.21. The minimum Gasteiger partial charge on any atom is -0.313 e. The van der Waals surface area contributed by atoms with Gasteiger partial charge in [0.2, 0.25) is 0 Å². The van der Waals surface area contributed by atoms with Gasteiger partial charge in [0.05, 0.1) is 22.9 Å². The fraction of sp³-hybridized carbons (Fsp3) is 0.0833. The zero-order chi connectivity index (χ0) is 11.8. The van der Waals surface area contributed by atoms with E-state index < -0.39 is 0 Å². The van der Waals surface area contributed by atoms with Gasteiger partial charge in [0, 0.05) is 18.8 Å². The Balaban J connectivity index is 2.28. The molecule has 1 N–H and O–H groups in total. The van der Waals surface area contributed by atoms with Crippen LogP contribution in [0.2, 0.25) is 0 Å². The third kappa shape index (κ3) is 1.52. The Morgan fingerprint density at radius 2 is 2.18 bits per heavy atom. The summed E-state index contributed by atoms with van der Waals surface area (Å²) in [6.45, 7) is 0. The van der Waals surface area contributed by atoms with E-state index in [1.165, 1.54) is 6.33 Å². The van der Waals surface area contributed by atoms with Crippen LogP contribution in [0, 0.1) is 0 Å². The SMILES string of the molecule is Cn1nccc1-c1ccc2c(=O)[nH]cnc2c1. The molecule has 0 saturated carbocycles. The number of fused-ring (bicyclic) bond motifs is 1. The fourth-order valence-corrected chi connectivity index (χ4v) is 1.89. The summed E-state index contributed by atoms with van der Waals surface area (Å²) in [4.78, 5) is 18.2. The summed E-state index contributed by atoms with van der Waals surface area (Å²) in [5, 5.41) is 4.71. The van der Waals surface area contributed by atoms with Crippen LogP contribution in [0.1, 0.15) is 0 Å². The van der Waals surface area contributed by atoms with Crippen molar-refractivity contribution < 1.29 is 0 Å². The van der Waals surface area contributed by atoms with Gasteiger partial charge in [-0.2, -0.15) is 5.10 Å². The first-order chi connectivity index (χ1) is 8.25. The molecule has 0 aliphatic rings. The van der Waals surface area contributed by atoms with Crippen LogP contribution in [0.5, 0.6) is 0 Å². The van der Waals surface area contributed by atoms with Gasteiger partial charge < -0.3 is 4.98 Å². The van der Waals surface area contributed by atoms with Gasteiger partial charge in [0.15, 0.2) is 0 Å². The third-order valence-corrected chi connectivity index (χ3v) is 2.76. The molecule has 84 valence electrons. The van der Waals surface area contributed by atoms with Crippen molar-refractivity contribution in [2.75, 3.05) is 0 Å². The number of nitrogens with zero attached hydrogens (tertiary/aromatic N) is 3. The molecular formula is C12H10N4O. The highest BCUT2D eigenvalue weighted by Gasteiger charge is 2.05. The molecule has 0 amide bonds. The standard InChI is InChI=1S/C12H10N4O/c1-16-11(4-5-15-16)8-2-3-9-10(6-8)13-7-14-12(9)17/h2-7H,1H3,(H,13,14,17). The normalized spacial score (nSPS) is 10.9. The van der Waals surface area contributed by atoms with E-state index in [0.29, 0.717) is 10.9 Å². The molecule has 0 unspecified atom stereocenters. The van der Waals surface area contributed by atoms with Crippen LogP contribution >= 0.6 is 0 Å². The van der Waals surface area contributed by atoms with Crippen LogP contribution < -0.4 is 5.56 Å². The Bertz CT molecular complexity index is 741. The molecular weight excluding hydrogens is 216 g/mol. The van der Waals surface area contributed by atoms with Crippen LogP contribution in [0.25, 0.3) is 22.2 Å². The minimum absolute atomic E-state index is 0.119. The molecule has 3 rings (SSSR count). The van der Waals surface area contributed by atoms with E-state index in [2.05, 4.69) is 15.1 Å². The third-order valence-electron chi connectivity index (χ3n) is 2.76. The lowest BCUT2D eigenvalue weighted by molar-refractivity contribution is 0.776. The molecule has 0 radical (unpaired) electrons. The van der Waals surface area contributed by atoms with E-state index >= 15 is 0 Å². The lowest BCUT2D eigenvalue weighted by Gasteiger charge is -2.03. The predicted octanol–water partition coefficient (Wildman–Crippen LogP) is 1.32. The Morgan fingerprint density at radius 3 is 2.94 bits per heavy atom. The Labute approximate surface area is 96.7 Å². The average Bonchev–Trinajstić information content (AvgIpc) is 2.75. The second kappa shape index (κ2) is 3.55. The average molecular weight is 226 g/mol. The number of hydrogen-bond donors (Lipinski definition) is 1. The second-order valence-corrected chi connectivity index (χ2v) is 3.80. The Kier molecular flexibility index (Phi) is 2.04. The van der Waals surface area contributed by atoms with E-state index in [0.717, 1.165) is 11.3 Å². The first-order valence-corrected chi connectivity index (χ1v) is 5.21. The molecule has 0 saturated heterocycles. The van der Waals surface area contributed by atoms with Crippen LogP contribution in [0.3, 0.4) is 0 Å². The quantitative estimate of drug-likeness (QED) is 0.680. The molecule has 0 bridgehead atoms. The van der Waals surface area contributed by atoms with E-state index in [-0.39, 0.29) is 5.56 Å². The molecule has 0 fully saturated rings. The lowest BCUT2D eigenvalue weighted by Crippen LogP contribution is -2.06. The molecule has 5 nitrogen and oxygen atoms in total. The molecule has 2 aromatic heterocycles. The summed E-state index contributed by atoms with van der Waals surface area (Å²) in [5.74, 6) is 0. The molecule has 3 aromatic rings. The highest BCUT2D eigenvalue weighted by Crippen LogP contribution is 2.20. The van der Waals surface area contributed by atoms with Gasteiger partial charge >= 0.3 is 0 Å². The maximum Gasteiger partial charge on any atom is 0.258 e. The Morgan fingerprint density at radius 1 is 1.29 bits per heavy atom. The van der Waals surface area contributed by atoms with Crippen LogP contribution in [0.15, 0.2) is 41.6 Å². The smallest absolute Gasteiger partial charge is 0.258 e. The highest BCUT2D eigenvalue weighted by atomic mass is 16.1. The van der Waals surface area contributed by atoms with Gasteiger partial charge in [0.1, 0.15) is 0 Å².